The number of anilines is 1. The molecule has 1 aliphatic rings. The Balaban J connectivity index is 1.94. The van der Waals surface area contributed by atoms with Crippen molar-refractivity contribution < 1.29 is 14.7 Å². The van der Waals surface area contributed by atoms with E-state index in [4.69, 9.17) is 0 Å². The Morgan fingerprint density at radius 1 is 1.24 bits per heavy atom. The van der Waals surface area contributed by atoms with E-state index in [9.17, 15) is 14.7 Å². The van der Waals surface area contributed by atoms with Gasteiger partial charge in [0.2, 0.25) is 5.91 Å². The maximum Gasteiger partial charge on any atom is 0.342 e. The minimum atomic E-state index is -0.262. The first-order valence-corrected chi connectivity index (χ1v) is 10.4. The summed E-state index contributed by atoms with van der Waals surface area (Å²) in [5.74, 6) is 0.532. The van der Waals surface area contributed by atoms with Crippen molar-refractivity contribution in [1.82, 2.24) is 15.1 Å². The molecule has 0 unspecified atom stereocenters. The molecule has 0 saturated heterocycles. The van der Waals surface area contributed by atoms with Crippen LogP contribution in [-0.4, -0.2) is 33.4 Å². The first kappa shape index (κ1) is 20.9. The predicted molar refractivity (Wildman–Crippen MR) is 113 cm³/mol. The zero-order valence-corrected chi connectivity index (χ0v) is 17.4. The van der Waals surface area contributed by atoms with Gasteiger partial charge in [0, 0.05) is 30.1 Å². The van der Waals surface area contributed by atoms with Crippen LogP contribution in [0.25, 0.3) is 11.3 Å². The van der Waals surface area contributed by atoms with Crippen molar-refractivity contribution in [2.75, 3.05) is 11.9 Å². The third-order valence-corrected chi connectivity index (χ3v) is 5.18. The molecule has 1 aliphatic carbocycles. The number of carbonyl (C=O) groups excluding carboxylic acids is 2. The Morgan fingerprint density at radius 2 is 1.97 bits per heavy atom. The van der Waals surface area contributed by atoms with Crippen molar-refractivity contribution in [2.24, 2.45) is 5.92 Å². The van der Waals surface area contributed by atoms with Crippen LogP contribution in [-0.2, 0) is 4.79 Å². The van der Waals surface area contributed by atoms with Crippen molar-refractivity contribution in [3.8, 4) is 17.0 Å². The van der Waals surface area contributed by atoms with Crippen LogP contribution in [0.4, 0.5) is 10.5 Å². The summed E-state index contributed by atoms with van der Waals surface area (Å²) in [7, 11) is 0. The molecule has 1 fully saturated rings. The van der Waals surface area contributed by atoms with Gasteiger partial charge >= 0.3 is 6.03 Å². The highest BCUT2D eigenvalue weighted by atomic mass is 16.3. The largest absolute Gasteiger partial charge is 0.507 e. The lowest BCUT2D eigenvalue weighted by atomic mass is 10.0. The van der Waals surface area contributed by atoms with E-state index in [-0.39, 0.29) is 29.5 Å². The zero-order valence-electron chi connectivity index (χ0n) is 17.4. The van der Waals surface area contributed by atoms with E-state index in [2.05, 4.69) is 15.7 Å². The fourth-order valence-corrected chi connectivity index (χ4v) is 3.83. The van der Waals surface area contributed by atoms with Crippen LogP contribution in [0.15, 0.2) is 24.3 Å². The number of nitrogens with one attached hydrogen (secondary N) is 2. The number of rotatable bonds is 6. The lowest BCUT2D eigenvalue weighted by molar-refractivity contribution is -0.116. The Morgan fingerprint density at radius 3 is 2.62 bits per heavy atom. The minimum Gasteiger partial charge on any atom is -0.507 e. The number of benzene rings is 1. The SMILES string of the molecule is CCNC(=O)n1nc(-c2cc(NC(=O)CC(C)C)ccc2O)cc1C1CCCC1. The monoisotopic (exact) mass is 398 g/mol. The van der Waals surface area contributed by atoms with Crippen molar-refractivity contribution in [2.45, 2.75) is 58.8 Å². The Kier molecular flexibility index (Phi) is 6.56. The molecule has 1 aromatic heterocycles. The number of carbonyl (C=O) groups is 2. The fourth-order valence-electron chi connectivity index (χ4n) is 3.83. The summed E-state index contributed by atoms with van der Waals surface area (Å²) in [4.78, 5) is 24.6. The van der Waals surface area contributed by atoms with Gasteiger partial charge in [-0.2, -0.15) is 9.78 Å². The van der Waals surface area contributed by atoms with Crippen molar-refractivity contribution in [3.63, 3.8) is 0 Å². The number of aromatic nitrogens is 2. The number of phenols is 1. The van der Waals surface area contributed by atoms with Crippen molar-refractivity contribution in [3.05, 3.63) is 30.0 Å². The molecule has 2 amide bonds. The average Bonchev–Trinajstić information content (AvgIpc) is 3.32. The fraction of sp³-hybridized carbons (Fsp3) is 0.500. The molecule has 0 aliphatic heterocycles. The summed E-state index contributed by atoms with van der Waals surface area (Å²) in [6.45, 7) is 6.36. The van der Waals surface area contributed by atoms with Gasteiger partial charge in [0.05, 0.1) is 11.4 Å². The van der Waals surface area contributed by atoms with Gasteiger partial charge in [-0.05, 0) is 49.9 Å². The highest BCUT2D eigenvalue weighted by molar-refractivity contribution is 5.92. The maximum atomic E-state index is 12.5. The van der Waals surface area contributed by atoms with Gasteiger partial charge in [-0.1, -0.05) is 26.7 Å². The summed E-state index contributed by atoms with van der Waals surface area (Å²) in [6, 6.07) is 6.54. The van der Waals surface area contributed by atoms with E-state index in [1.165, 1.54) is 4.68 Å². The van der Waals surface area contributed by atoms with E-state index in [1.54, 1.807) is 18.2 Å². The highest BCUT2D eigenvalue weighted by Crippen LogP contribution is 2.38. The van der Waals surface area contributed by atoms with Gasteiger partial charge in [0.25, 0.3) is 0 Å². The second kappa shape index (κ2) is 9.11. The normalized spacial score (nSPS) is 14.3. The lowest BCUT2D eigenvalue weighted by Crippen LogP contribution is -2.30. The lowest BCUT2D eigenvalue weighted by Gasteiger charge is -2.11. The molecule has 0 bridgehead atoms. The molecule has 1 saturated carbocycles. The van der Waals surface area contributed by atoms with E-state index in [1.807, 2.05) is 26.8 Å². The second-order valence-corrected chi connectivity index (χ2v) is 8.06. The Labute approximate surface area is 171 Å². The second-order valence-electron chi connectivity index (χ2n) is 8.06. The van der Waals surface area contributed by atoms with E-state index < -0.39 is 0 Å². The number of amides is 2. The summed E-state index contributed by atoms with van der Waals surface area (Å²) in [6.07, 6.45) is 4.77. The highest BCUT2D eigenvalue weighted by Gasteiger charge is 2.26. The smallest absolute Gasteiger partial charge is 0.342 e. The number of aromatic hydroxyl groups is 1. The molecular formula is C22H30N4O3. The van der Waals surface area contributed by atoms with Gasteiger partial charge in [-0.15, -0.1) is 0 Å². The van der Waals surface area contributed by atoms with Crippen LogP contribution in [0.1, 0.15) is 64.5 Å². The Bertz CT molecular complexity index is 882. The molecule has 0 atom stereocenters. The van der Waals surface area contributed by atoms with Crippen LogP contribution in [0, 0.1) is 5.92 Å². The van der Waals surface area contributed by atoms with Gasteiger partial charge < -0.3 is 15.7 Å². The minimum absolute atomic E-state index is 0.0605. The third-order valence-electron chi connectivity index (χ3n) is 5.18. The molecule has 7 heteroatoms. The zero-order chi connectivity index (χ0) is 21.0. The summed E-state index contributed by atoms with van der Waals surface area (Å²) in [5, 5.41) is 20.6. The third kappa shape index (κ3) is 4.96. The molecular weight excluding hydrogens is 368 g/mol. The van der Waals surface area contributed by atoms with Gasteiger partial charge in [0.1, 0.15) is 5.75 Å². The number of hydrogen-bond donors (Lipinski definition) is 3. The van der Waals surface area contributed by atoms with Crippen molar-refractivity contribution in [1.29, 1.82) is 0 Å². The molecule has 3 N–H and O–H groups in total. The van der Waals surface area contributed by atoms with E-state index >= 15 is 0 Å². The van der Waals surface area contributed by atoms with Crippen LogP contribution < -0.4 is 10.6 Å². The molecule has 156 valence electrons. The maximum absolute atomic E-state index is 12.5. The van der Waals surface area contributed by atoms with Crippen molar-refractivity contribution >= 4 is 17.6 Å². The van der Waals surface area contributed by atoms with Crippen LogP contribution >= 0.6 is 0 Å². The topological polar surface area (TPSA) is 96.3 Å². The van der Waals surface area contributed by atoms with Crippen LogP contribution in [0.5, 0.6) is 5.75 Å². The summed E-state index contributed by atoms with van der Waals surface area (Å²) < 4.78 is 1.43. The van der Waals surface area contributed by atoms with E-state index in [0.29, 0.717) is 29.9 Å². The van der Waals surface area contributed by atoms with Gasteiger partial charge in [-0.3, -0.25) is 4.79 Å². The molecule has 3 rings (SSSR count). The summed E-state index contributed by atoms with van der Waals surface area (Å²) >= 11 is 0. The van der Waals surface area contributed by atoms with Gasteiger partial charge in [-0.25, -0.2) is 4.79 Å². The Hall–Kier alpha value is -2.83. The molecule has 0 radical (unpaired) electrons. The van der Waals surface area contributed by atoms with Crippen LogP contribution in [0.3, 0.4) is 0 Å². The standard InChI is InChI=1S/C22H30N4O3/c1-4-23-22(29)26-19(15-7-5-6-8-15)13-18(25-26)17-12-16(9-10-20(17)27)24-21(28)11-14(2)3/h9-10,12-15,27H,4-8,11H2,1-3H3,(H,23,29)(H,24,28). The average molecular weight is 399 g/mol. The number of nitrogens with zero attached hydrogens (tertiary/aromatic N) is 2. The molecule has 0 spiro atoms. The summed E-state index contributed by atoms with van der Waals surface area (Å²) in [5.41, 5.74) is 2.49. The quantitative estimate of drug-likeness (QED) is 0.625. The van der Waals surface area contributed by atoms with E-state index in [0.717, 1.165) is 31.4 Å². The molecule has 7 nitrogen and oxygen atoms in total. The number of hydrogen-bond acceptors (Lipinski definition) is 4. The first-order valence-electron chi connectivity index (χ1n) is 10.4. The predicted octanol–water partition coefficient (Wildman–Crippen LogP) is 4.48. The molecule has 29 heavy (non-hydrogen) atoms. The molecule has 1 heterocycles. The molecule has 1 aromatic carbocycles. The molecule has 2 aromatic rings. The number of phenolic OH excluding ortho intramolecular Hbond substituents is 1. The van der Waals surface area contributed by atoms with Gasteiger partial charge in [0.15, 0.2) is 0 Å². The van der Waals surface area contributed by atoms with Crippen LogP contribution in [0.2, 0.25) is 0 Å². The first-order chi connectivity index (χ1) is 13.9.